The van der Waals surface area contributed by atoms with Crippen molar-refractivity contribution in [3.8, 4) is 0 Å². The Balaban J connectivity index is 2.20. The third-order valence-electron chi connectivity index (χ3n) is 3.63. The molecule has 110 valence electrons. The van der Waals surface area contributed by atoms with Crippen LogP contribution in [-0.4, -0.2) is 22.9 Å². The zero-order chi connectivity index (χ0) is 15.1. The zero-order valence-corrected chi connectivity index (χ0v) is 13.9. The van der Waals surface area contributed by atoms with Gasteiger partial charge in [0.05, 0.1) is 29.4 Å². The minimum absolute atomic E-state index is 0.237. The number of anilines is 2. The van der Waals surface area contributed by atoms with E-state index < -0.39 is 0 Å². The predicted molar refractivity (Wildman–Crippen MR) is 91.3 cm³/mol. The van der Waals surface area contributed by atoms with Crippen LogP contribution < -0.4 is 19.3 Å². The van der Waals surface area contributed by atoms with E-state index in [1.165, 1.54) is 9.13 Å². The molecule has 6 nitrogen and oxygen atoms in total. The molecular weight excluding hydrogens is 383 g/mol. The van der Waals surface area contributed by atoms with Crippen LogP contribution in [0.4, 0.5) is 11.5 Å². The van der Waals surface area contributed by atoms with Crippen molar-refractivity contribution in [1.29, 1.82) is 0 Å². The number of nitrogens with zero attached hydrogens (tertiary/aromatic N) is 4. The van der Waals surface area contributed by atoms with Crippen LogP contribution >= 0.6 is 22.9 Å². The Morgan fingerprint density at radius 3 is 2.48 bits per heavy atom. The summed E-state index contributed by atoms with van der Waals surface area (Å²) in [6, 6.07) is 9.53. The van der Waals surface area contributed by atoms with E-state index in [4.69, 9.17) is 0 Å². The van der Waals surface area contributed by atoms with Gasteiger partial charge in [-0.25, -0.2) is 4.79 Å². The van der Waals surface area contributed by atoms with Crippen LogP contribution in [0, 0.1) is 0 Å². The first kappa shape index (κ1) is 14.2. The van der Waals surface area contributed by atoms with Crippen molar-refractivity contribution >= 4 is 34.4 Å². The fourth-order valence-corrected chi connectivity index (χ4v) is 3.59. The van der Waals surface area contributed by atoms with Crippen molar-refractivity contribution < 1.29 is 0 Å². The van der Waals surface area contributed by atoms with Gasteiger partial charge >= 0.3 is 5.69 Å². The van der Waals surface area contributed by atoms with Gasteiger partial charge in [0.25, 0.3) is 5.56 Å². The fourth-order valence-electron chi connectivity index (χ4n) is 2.58. The molecule has 1 aliphatic heterocycles. The number of benzene rings is 1. The Kier molecular flexibility index (Phi) is 3.52. The van der Waals surface area contributed by atoms with Crippen LogP contribution in [0.15, 0.2) is 39.9 Å². The average molecular weight is 398 g/mol. The Morgan fingerprint density at radius 2 is 1.81 bits per heavy atom. The van der Waals surface area contributed by atoms with Crippen LogP contribution in [0.3, 0.4) is 0 Å². The molecule has 3 rings (SSSR count). The molecule has 0 fully saturated rings. The third kappa shape index (κ3) is 2.25. The SMILES string of the molecule is CN1CN(I)c2c1c(=O)n(Cc1ccccc1)c(=O)n2C. The summed E-state index contributed by atoms with van der Waals surface area (Å²) < 4.78 is 4.71. The summed E-state index contributed by atoms with van der Waals surface area (Å²) in [4.78, 5) is 27.0. The van der Waals surface area contributed by atoms with Gasteiger partial charge in [0.1, 0.15) is 12.4 Å². The average Bonchev–Trinajstić information content (AvgIpc) is 2.77. The van der Waals surface area contributed by atoms with Crippen LogP contribution in [0.5, 0.6) is 0 Å². The number of fused-ring (bicyclic) bond motifs is 1. The smallest absolute Gasteiger partial charge is 0.332 e. The first-order chi connectivity index (χ1) is 10.0. The van der Waals surface area contributed by atoms with Gasteiger partial charge in [-0.05, 0) is 5.56 Å². The van der Waals surface area contributed by atoms with Gasteiger partial charge in [-0.1, -0.05) is 30.3 Å². The Labute approximate surface area is 135 Å². The van der Waals surface area contributed by atoms with Crippen molar-refractivity contribution in [3.05, 3.63) is 56.7 Å². The lowest BCUT2D eigenvalue weighted by Gasteiger charge is -2.14. The van der Waals surface area contributed by atoms with E-state index >= 15 is 0 Å². The van der Waals surface area contributed by atoms with Gasteiger partial charge in [-0.2, -0.15) is 0 Å². The second-order valence-corrected chi connectivity index (χ2v) is 6.26. The molecule has 0 amide bonds. The van der Waals surface area contributed by atoms with Crippen LogP contribution in [0.25, 0.3) is 0 Å². The van der Waals surface area contributed by atoms with Gasteiger partial charge in [0.15, 0.2) is 5.82 Å². The highest BCUT2D eigenvalue weighted by Crippen LogP contribution is 2.32. The largest absolute Gasteiger partial charge is 0.349 e. The number of halogens is 1. The summed E-state index contributed by atoms with van der Waals surface area (Å²) in [5.74, 6) is 0.664. The van der Waals surface area contributed by atoms with Crippen LogP contribution in [0.1, 0.15) is 5.56 Å². The van der Waals surface area contributed by atoms with Gasteiger partial charge in [-0.3, -0.25) is 17.0 Å². The molecule has 2 aromatic rings. The molecule has 7 heteroatoms. The van der Waals surface area contributed by atoms with E-state index in [0.717, 1.165) is 5.56 Å². The van der Waals surface area contributed by atoms with Crippen molar-refractivity contribution in [2.75, 3.05) is 21.7 Å². The molecule has 0 bridgehead atoms. The Morgan fingerprint density at radius 1 is 1.14 bits per heavy atom. The van der Waals surface area contributed by atoms with E-state index in [1.807, 2.05) is 45.4 Å². The summed E-state index contributed by atoms with van der Waals surface area (Å²) in [5.41, 5.74) is 0.976. The highest BCUT2D eigenvalue weighted by Gasteiger charge is 2.30. The molecule has 0 aliphatic carbocycles. The van der Waals surface area contributed by atoms with E-state index in [0.29, 0.717) is 18.2 Å². The molecule has 0 N–H and O–H groups in total. The summed E-state index contributed by atoms with van der Waals surface area (Å²) in [7, 11) is 3.56. The van der Waals surface area contributed by atoms with Crippen molar-refractivity contribution in [2.24, 2.45) is 7.05 Å². The highest BCUT2D eigenvalue weighted by molar-refractivity contribution is 14.1. The minimum atomic E-state index is -0.292. The molecule has 1 aromatic heterocycles. The quantitative estimate of drug-likeness (QED) is 0.563. The molecule has 0 spiro atoms. The predicted octanol–water partition coefficient (Wildman–Crippen LogP) is 1.16. The monoisotopic (exact) mass is 398 g/mol. The highest BCUT2D eigenvalue weighted by atomic mass is 127. The van der Waals surface area contributed by atoms with E-state index in [1.54, 1.807) is 7.05 Å². The lowest BCUT2D eigenvalue weighted by Crippen LogP contribution is -2.40. The third-order valence-corrected chi connectivity index (χ3v) is 4.39. The van der Waals surface area contributed by atoms with Gasteiger partial charge in [0, 0.05) is 14.1 Å². The van der Waals surface area contributed by atoms with Gasteiger partial charge in [-0.15, -0.1) is 0 Å². The zero-order valence-electron chi connectivity index (χ0n) is 11.8. The summed E-state index contributed by atoms with van der Waals surface area (Å²) in [5, 5.41) is 0. The van der Waals surface area contributed by atoms with Gasteiger partial charge < -0.3 is 4.90 Å². The van der Waals surface area contributed by atoms with Gasteiger partial charge in [0.2, 0.25) is 0 Å². The second kappa shape index (κ2) is 5.21. The van der Waals surface area contributed by atoms with Crippen molar-refractivity contribution in [1.82, 2.24) is 9.13 Å². The normalized spacial score (nSPS) is 13.7. The first-order valence-electron chi connectivity index (χ1n) is 6.53. The molecule has 1 aliphatic rings. The van der Waals surface area contributed by atoms with Crippen molar-refractivity contribution in [2.45, 2.75) is 6.54 Å². The van der Waals surface area contributed by atoms with Crippen molar-refractivity contribution in [3.63, 3.8) is 0 Å². The lowest BCUT2D eigenvalue weighted by molar-refractivity contribution is 0.647. The van der Waals surface area contributed by atoms with E-state index in [2.05, 4.69) is 22.9 Å². The molecule has 0 saturated heterocycles. The number of hydrogen-bond acceptors (Lipinski definition) is 4. The molecule has 0 radical (unpaired) electrons. The molecule has 21 heavy (non-hydrogen) atoms. The maximum atomic E-state index is 12.7. The minimum Gasteiger partial charge on any atom is -0.349 e. The van der Waals surface area contributed by atoms with E-state index in [-0.39, 0.29) is 17.8 Å². The molecule has 1 aromatic carbocycles. The first-order valence-corrected chi connectivity index (χ1v) is 7.49. The summed E-state index contributed by atoms with van der Waals surface area (Å²) >= 11 is 2.12. The van der Waals surface area contributed by atoms with Crippen LogP contribution in [-0.2, 0) is 13.6 Å². The maximum absolute atomic E-state index is 12.7. The molecule has 2 heterocycles. The fraction of sp³-hybridized carbons (Fsp3) is 0.286. The lowest BCUT2D eigenvalue weighted by atomic mass is 10.2. The summed E-state index contributed by atoms with van der Waals surface area (Å²) in [6.07, 6.45) is 0. The number of aromatic nitrogens is 2. The second-order valence-electron chi connectivity index (χ2n) is 5.09. The number of rotatable bonds is 2. The maximum Gasteiger partial charge on any atom is 0.332 e. The van der Waals surface area contributed by atoms with Crippen LogP contribution in [0.2, 0.25) is 0 Å². The number of hydrogen-bond donors (Lipinski definition) is 0. The summed E-state index contributed by atoms with van der Waals surface area (Å²) in [6.45, 7) is 0.877. The molecule has 0 atom stereocenters. The topological polar surface area (TPSA) is 50.5 Å². The van der Waals surface area contributed by atoms with E-state index in [9.17, 15) is 9.59 Å². The molecular formula is C14H15IN4O2. The molecule has 0 saturated carbocycles. The standard InChI is InChI=1S/C14H15IN4O2/c1-16-9-19(15)12-11(16)13(20)18(14(21)17(12)2)8-10-6-4-3-5-7-10/h3-7H,8-9H2,1-2H3. The molecule has 0 unspecified atom stereocenters. The Hall–Kier alpha value is -1.77. The Bertz CT molecular complexity index is 797.